The Morgan fingerprint density at radius 2 is 2.26 bits per heavy atom. The number of nitrogens with zero attached hydrogens (tertiary/aromatic N) is 1. The number of rotatable bonds is 2. The highest BCUT2D eigenvalue weighted by Crippen LogP contribution is 2.29. The number of amides is 1. The van der Waals surface area contributed by atoms with Crippen LogP contribution in [0.25, 0.3) is 11.1 Å². The summed E-state index contributed by atoms with van der Waals surface area (Å²) < 4.78 is 5.62. The van der Waals surface area contributed by atoms with Gasteiger partial charge in [0.05, 0.1) is 0 Å². The van der Waals surface area contributed by atoms with Gasteiger partial charge in [-0.1, -0.05) is 19.9 Å². The zero-order valence-electron chi connectivity index (χ0n) is 11.3. The number of fused-ring (bicyclic) bond motifs is 1. The molecule has 0 spiro atoms. The van der Waals surface area contributed by atoms with Gasteiger partial charge in [-0.25, -0.2) is 0 Å². The molecule has 1 aromatic heterocycles. The van der Waals surface area contributed by atoms with Crippen molar-refractivity contribution in [2.75, 3.05) is 11.9 Å². The minimum Gasteiger partial charge on any atom is -0.424 e. The second-order valence-electron chi connectivity index (χ2n) is 5.77. The van der Waals surface area contributed by atoms with Crippen LogP contribution in [-0.2, 0) is 4.79 Å². The van der Waals surface area contributed by atoms with Crippen LogP contribution >= 0.6 is 0 Å². The van der Waals surface area contributed by atoms with Gasteiger partial charge in [-0.2, -0.15) is 4.98 Å². The first-order valence-electron chi connectivity index (χ1n) is 6.37. The summed E-state index contributed by atoms with van der Waals surface area (Å²) in [6.07, 6.45) is 0. The third-order valence-electron chi connectivity index (χ3n) is 3.57. The summed E-state index contributed by atoms with van der Waals surface area (Å²) in [4.78, 5) is 16.2. The van der Waals surface area contributed by atoms with E-state index in [0.717, 1.165) is 16.7 Å². The van der Waals surface area contributed by atoms with Gasteiger partial charge in [0, 0.05) is 12.0 Å². The van der Waals surface area contributed by atoms with Crippen LogP contribution in [0.2, 0.25) is 0 Å². The minimum absolute atomic E-state index is 0.0107. The first kappa shape index (κ1) is 12.0. The Bertz CT molecular complexity index is 645. The van der Waals surface area contributed by atoms with Crippen LogP contribution in [-0.4, -0.2) is 23.5 Å². The Kier molecular flexibility index (Phi) is 2.52. The third kappa shape index (κ3) is 2.05. The predicted octanol–water partition coefficient (Wildman–Crippen LogP) is 2.07. The van der Waals surface area contributed by atoms with Gasteiger partial charge in [0.1, 0.15) is 11.6 Å². The molecule has 2 N–H and O–H groups in total. The third-order valence-corrected chi connectivity index (χ3v) is 3.57. The van der Waals surface area contributed by atoms with Crippen molar-refractivity contribution < 1.29 is 9.21 Å². The van der Waals surface area contributed by atoms with E-state index in [4.69, 9.17) is 4.42 Å². The number of oxazole rings is 1. The molecule has 1 aliphatic heterocycles. The molecular weight excluding hydrogens is 242 g/mol. The number of carbonyl (C=O) groups excluding carboxylic acids is 1. The Hall–Kier alpha value is -2.04. The number of hydrogen-bond donors (Lipinski definition) is 2. The summed E-state index contributed by atoms with van der Waals surface area (Å²) >= 11 is 0. The number of anilines is 1. The maximum Gasteiger partial charge on any atom is 0.296 e. The Morgan fingerprint density at radius 3 is 2.95 bits per heavy atom. The lowest BCUT2D eigenvalue weighted by molar-refractivity contribution is -0.120. The Labute approximate surface area is 111 Å². The van der Waals surface area contributed by atoms with Crippen LogP contribution in [0, 0.1) is 12.3 Å². The van der Waals surface area contributed by atoms with Gasteiger partial charge in [-0.15, -0.1) is 0 Å². The lowest BCUT2D eigenvalue weighted by atomic mass is 9.88. The quantitative estimate of drug-likeness (QED) is 0.866. The summed E-state index contributed by atoms with van der Waals surface area (Å²) in [6, 6.07) is 5.91. The summed E-state index contributed by atoms with van der Waals surface area (Å²) in [5.74, 6) is -0.0107. The smallest absolute Gasteiger partial charge is 0.296 e. The number of carbonyl (C=O) groups is 1. The number of nitrogens with one attached hydrogen (secondary N) is 2. The van der Waals surface area contributed by atoms with Gasteiger partial charge in [0.15, 0.2) is 5.58 Å². The first-order chi connectivity index (χ1) is 8.95. The van der Waals surface area contributed by atoms with E-state index in [9.17, 15) is 4.79 Å². The van der Waals surface area contributed by atoms with E-state index in [-0.39, 0.29) is 17.4 Å². The van der Waals surface area contributed by atoms with Crippen molar-refractivity contribution in [2.45, 2.75) is 26.8 Å². The summed E-state index contributed by atoms with van der Waals surface area (Å²) in [5, 5.41) is 5.95. The largest absolute Gasteiger partial charge is 0.424 e. The zero-order valence-corrected chi connectivity index (χ0v) is 11.3. The Balaban J connectivity index is 1.91. The minimum atomic E-state index is -0.318. The van der Waals surface area contributed by atoms with E-state index in [1.165, 1.54) is 0 Å². The molecule has 2 aromatic rings. The molecule has 1 saturated heterocycles. The molecule has 1 amide bonds. The SMILES string of the molecule is Cc1ccc2oc(NC3C(=O)NCC3(C)C)nc2c1. The van der Waals surface area contributed by atoms with E-state index in [1.54, 1.807) is 0 Å². The highest BCUT2D eigenvalue weighted by atomic mass is 16.4. The standard InChI is InChI=1S/C14H17N3O2/c1-8-4-5-10-9(6-8)16-13(19-10)17-11-12(18)15-7-14(11,2)3/h4-6,11H,7H2,1-3H3,(H,15,18)(H,16,17). The Morgan fingerprint density at radius 1 is 1.47 bits per heavy atom. The van der Waals surface area contributed by atoms with Crippen LogP contribution in [0.15, 0.2) is 22.6 Å². The van der Waals surface area contributed by atoms with Gasteiger partial charge < -0.3 is 15.1 Å². The van der Waals surface area contributed by atoms with Crippen LogP contribution in [0.4, 0.5) is 6.01 Å². The molecule has 100 valence electrons. The van der Waals surface area contributed by atoms with E-state index in [1.807, 2.05) is 39.0 Å². The van der Waals surface area contributed by atoms with Crippen molar-refractivity contribution in [1.82, 2.24) is 10.3 Å². The normalized spacial score (nSPS) is 21.6. The summed E-state index contributed by atoms with van der Waals surface area (Å²) in [5.41, 5.74) is 2.50. The van der Waals surface area contributed by atoms with Crippen molar-refractivity contribution in [2.24, 2.45) is 5.41 Å². The van der Waals surface area contributed by atoms with E-state index >= 15 is 0 Å². The number of benzene rings is 1. The van der Waals surface area contributed by atoms with E-state index in [0.29, 0.717) is 12.6 Å². The first-order valence-corrected chi connectivity index (χ1v) is 6.37. The van der Waals surface area contributed by atoms with Crippen LogP contribution in [0.1, 0.15) is 19.4 Å². The van der Waals surface area contributed by atoms with Crippen LogP contribution in [0.5, 0.6) is 0 Å². The molecule has 3 rings (SSSR count). The lowest BCUT2D eigenvalue weighted by Gasteiger charge is -2.23. The number of aryl methyl sites for hydroxylation is 1. The van der Waals surface area contributed by atoms with Crippen molar-refractivity contribution in [3.05, 3.63) is 23.8 Å². The monoisotopic (exact) mass is 259 g/mol. The average molecular weight is 259 g/mol. The highest BCUT2D eigenvalue weighted by molar-refractivity contribution is 5.87. The molecule has 1 aliphatic rings. The van der Waals surface area contributed by atoms with Crippen molar-refractivity contribution >= 4 is 23.0 Å². The van der Waals surface area contributed by atoms with E-state index in [2.05, 4.69) is 15.6 Å². The van der Waals surface area contributed by atoms with Crippen LogP contribution < -0.4 is 10.6 Å². The average Bonchev–Trinajstić information content (AvgIpc) is 2.84. The molecule has 1 fully saturated rings. The van der Waals surface area contributed by atoms with Crippen molar-refractivity contribution in [1.29, 1.82) is 0 Å². The van der Waals surface area contributed by atoms with Gasteiger partial charge >= 0.3 is 0 Å². The van der Waals surface area contributed by atoms with Gasteiger partial charge in [-0.3, -0.25) is 4.79 Å². The fraction of sp³-hybridized carbons (Fsp3) is 0.429. The molecule has 1 atom stereocenters. The van der Waals surface area contributed by atoms with Crippen molar-refractivity contribution in [3.63, 3.8) is 0 Å². The van der Waals surface area contributed by atoms with E-state index < -0.39 is 0 Å². The molecule has 1 aromatic carbocycles. The van der Waals surface area contributed by atoms with Crippen LogP contribution in [0.3, 0.4) is 0 Å². The maximum atomic E-state index is 11.8. The number of aromatic nitrogens is 1. The number of hydrogen-bond acceptors (Lipinski definition) is 4. The predicted molar refractivity (Wildman–Crippen MR) is 72.9 cm³/mol. The lowest BCUT2D eigenvalue weighted by Crippen LogP contribution is -2.37. The second-order valence-corrected chi connectivity index (χ2v) is 5.77. The topological polar surface area (TPSA) is 67.2 Å². The van der Waals surface area contributed by atoms with Gasteiger partial charge in [0.2, 0.25) is 5.91 Å². The molecule has 1 unspecified atom stereocenters. The zero-order chi connectivity index (χ0) is 13.6. The van der Waals surface area contributed by atoms with Crippen molar-refractivity contribution in [3.8, 4) is 0 Å². The van der Waals surface area contributed by atoms with Gasteiger partial charge in [-0.05, 0) is 24.6 Å². The molecule has 5 nitrogen and oxygen atoms in total. The molecule has 0 bridgehead atoms. The molecule has 5 heteroatoms. The fourth-order valence-corrected chi connectivity index (χ4v) is 2.36. The molecule has 0 saturated carbocycles. The molecule has 0 radical (unpaired) electrons. The summed E-state index contributed by atoms with van der Waals surface area (Å²) in [7, 11) is 0. The second kappa shape index (κ2) is 3.98. The molecular formula is C14H17N3O2. The summed E-state index contributed by atoms with van der Waals surface area (Å²) in [6.45, 7) is 6.74. The molecule has 2 heterocycles. The highest BCUT2D eigenvalue weighted by Gasteiger charge is 2.41. The van der Waals surface area contributed by atoms with Gasteiger partial charge in [0.25, 0.3) is 6.01 Å². The maximum absolute atomic E-state index is 11.8. The molecule has 19 heavy (non-hydrogen) atoms. The fourth-order valence-electron chi connectivity index (χ4n) is 2.36. The molecule has 0 aliphatic carbocycles.